The number of fused-ring (bicyclic) bond motifs is 1. The smallest absolute Gasteiger partial charge is 0.258 e. The summed E-state index contributed by atoms with van der Waals surface area (Å²) in [7, 11) is 0.118. The highest BCUT2D eigenvalue weighted by Gasteiger charge is 2.40. The third kappa shape index (κ3) is 3.47. The second-order valence-corrected chi connectivity index (χ2v) is 11.7. The van der Waals surface area contributed by atoms with Crippen LogP contribution in [0.15, 0.2) is 84.7 Å². The van der Waals surface area contributed by atoms with Crippen LogP contribution in [0.1, 0.15) is 21.8 Å². The van der Waals surface area contributed by atoms with Crippen molar-refractivity contribution in [2.24, 2.45) is 0 Å². The summed E-state index contributed by atoms with van der Waals surface area (Å²) in [5, 5.41) is 8.92. The molecule has 0 N–H and O–H groups in total. The molecule has 3 aliphatic rings. The van der Waals surface area contributed by atoms with Gasteiger partial charge in [0, 0.05) is 29.1 Å². The second-order valence-electron chi connectivity index (χ2n) is 6.61. The van der Waals surface area contributed by atoms with Crippen LogP contribution in [0.2, 0.25) is 0 Å². The van der Waals surface area contributed by atoms with Crippen molar-refractivity contribution in [1.82, 2.24) is 0 Å². The molecule has 0 saturated heterocycles. The fourth-order valence-corrected chi connectivity index (χ4v) is 9.93. The maximum Gasteiger partial charge on any atom is 0.258 e. The molecular weight excluding hydrogens is 423 g/mol. The molecule has 0 spiro atoms. The van der Waals surface area contributed by atoms with Crippen molar-refractivity contribution in [2.45, 2.75) is 5.92 Å². The van der Waals surface area contributed by atoms with Crippen molar-refractivity contribution in [3.05, 3.63) is 95.8 Å². The Morgan fingerprint density at radius 1 is 0.964 bits per heavy atom. The van der Waals surface area contributed by atoms with Crippen molar-refractivity contribution in [2.75, 3.05) is 17.2 Å². The van der Waals surface area contributed by atoms with Gasteiger partial charge in [-0.2, -0.15) is 0 Å². The first-order valence-corrected chi connectivity index (χ1v) is 13.1. The number of benzene rings is 2. The number of rotatable bonds is 3. The molecule has 140 valence electrons. The molecule has 1 amide bonds. The summed E-state index contributed by atoms with van der Waals surface area (Å²) in [6.45, 7) is 0.760. The minimum absolute atomic E-state index is 0.0971. The molecule has 0 bridgehead atoms. The second kappa shape index (κ2) is 8.11. The number of nitrogens with zero attached hydrogens (tertiary/aromatic N) is 1. The standard InChI is InChI=1S/C22H18NOS4/c24-20(16-6-2-1-3-7-16)23-14-17(18-8-4-5-9-19(18)23)15-28-13-12-27-22(28)21-25-10-11-26-21/h1-13,17H,14-15H2/q+1. The zero-order valence-electron chi connectivity index (χ0n) is 15.0. The molecule has 3 heterocycles. The van der Waals surface area contributed by atoms with E-state index in [9.17, 15) is 4.79 Å². The van der Waals surface area contributed by atoms with Gasteiger partial charge < -0.3 is 4.90 Å². The minimum Gasteiger partial charge on any atom is -0.307 e. The number of carbonyl (C=O) groups excluding carboxylic acids is 1. The van der Waals surface area contributed by atoms with Crippen LogP contribution >= 0.6 is 35.3 Å². The van der Waals surface area contributed by atoms with Crippen LogP contribution in [0.3, 0.4) is 0 Å². The predicted molar refractivity (Wildman–Crippen MR) is 128 cm³/mol. The van der Waals surface area contributed by atoms with Gasteiger partial charge in [0.2, 0.25) is 4.24 Å². The molecule has 6 heteroatoms. The van der Waals surface area contributed by atoms with E-state index >= 15 is 0 Å². The lowest BCUT2D eigenvalue weighted by Gasteiger charge is -2.17. The Balaban J connectivity index is 1.41. The molecule has 28 heavy (non-hydrogen) atoms. The van der Waals surface area contributed by atoms with E-state index < -0.39 is 0 Å². The van der Waals surface area contributed by atoms with Gasteiger partial charge in [-0.05, 0) is 46.3 Å². The average Bonchev–Trinajstić information content (AvgIpc) is 3.49. The van der Waals surface area contributed by atoms with Crippen LogP contribution < -0.4 is 4.90 Å². The Kier molecular flexibility index (Phi) is 5.37. The summed E-state index contributed by atoms with van der Waals surface area (Å²) < 4.78 is 2.91. The minimum atomic E-state index is 0.0971. The first-order chi connectivity index (χ1) is 13.8. The molecule has 3 aliphatic heterocycles. The molecule has 2 aromatic carbocycles. The first kappa shape index (κ1) is 18.6. The Labute approximate surface area is 180 Å². The number of carbonyl (C=O) groups is 1. The number of para-hydroxylation sites is 1. The lowest BCUT2D eigenvalue weighted by atomic mass is 10.0. The topological polar surface area (TPSA) is 20.3 Å². The zero-order valence-corrected chi connectivity index (χ0v) is 18.3. The fraction of sp³-hybridized carbons (Fsp3) is 0.136. The quantitative estimate of drug-likeness (QED) is 0.518. The molecule has 0 aliphatic carbocycles. The van der Waals surface area contributed by atoms with Gasteiger partial charge in [-0.3, -0.25) is 4.79 Å². The van der Waals surface area contributed by atoms with Gasteiger partial charge in [0.05, 0.1) is 10.9 Å². The van der Waals surface area contributed by atoms with E-state index in [1.165, 1.54) is 14.0 Å². The molecule has 0 saturated carbocycles. The largest absolute Gasteiger partial charge is 0.307 e. The first-order valence-electron chi connectivity index (χ1n) is 9.03. The monoisotopic (exact) mass is 440 g/mol. The molecule has 5 rings (SSSR count). The lowest BCUT2D eigenvalue weighted by molar-refractivity contribution is 0.0988. The van der Waals surface area contributed by atoms with Crippen LogP contribution in [0.5, 0.6) is 0 Å². The predicted octanol–water partition coefficient (Wildman–Crippen LogP) is 6.34. The summed E-state index contributed by atoms with van der Waals surface area (Å²) in [6, 6.07) is 18.0. The normalized spacial score (nSPS) is 22.9. The van der Waals surface area contributed by atoms with E-state index in [2.05, 4.69) is 39.8 Å². The zero-order chi connectivity index (χ0) is 18.9. The highest BCUT2D eigenvalue weighted by atomic mass is 32.2. The molecule has 0 aromatic heterocycles. The summed E-state index contributed by atoms with van der Waals surface area (Å²) in [6.07, 6.45) is 0. The van der Waals surface area contributed by atoms with Crippen molar-refractivity contribution < 1.29 is 4.79 Å². The van der Waals surface area contributed by atoms with Crippen LogP contribution in [-0.4, -0.2) is 18.2 Å². The Hall–Kier alpha value is -1.47. The SMILES string of the molecule is O=C(c1ccccc1)N1CC(C[S+]2C=CSC2=C2SC=CS2)c2ccccc21. The summed E-state index contributed by atoms with van der Waals surface area (Å²) in [5.41, 5.74) is 3.13. The number of hydrogen-bond acceptors (Lipinski definition) is 4. The maximum absolute atomic E-state index is 13.2. The highest BCUT2D eigenvalue weighted by molar-refractivity contribution is 8.32. The summed E-state index contributed by atoms with van der Waals surface area (Å²) in [5.74, 6) is 1.54. The summed E-state index contributed by atoms with van der Waals surface area (Å²) >= 11 is 5.53. The van der Waals surface area contributed by atoms with Gasteiger partial charge in [0.1, 0.15) is 15.4 Å². The van der Waals surface area contributed by atoms with E-state index in [0.717, 1.165) is 23.5 Å². The van der Waals surface area contributed by atoms with E-state index in [1.54, 1.807) is 0 Å². The molecule has 2 unspecified atom stereocenters. The maximum atomic E-state index is 13.2. The Bertz CT molecular complexity index is 989. The van der Waals surface area contributed by atoms with Gasteiger partial charge in [-0.25, -0.2) is 0 Å². The summed E-state index contributed by atoms with van der Waals surface area (Å²) in [4.78, 5) is 15.1. The van der Waals surface area contributed by atoms with Crippen molar-refractivity contribution in [3.63, 3.8) is 0 Å². The van der Waals surface area contributed by atoms with Crippen molar-refractivity contribution in [1.29, 1.82) is 0 Å². The molecular formula is C22H18NOS4+. The van der Waals surface area contributed by atoms with Crippen LogP contribution in [0.25, 0.3) is 0 Å². The average molecular weight is 441 g/mol. The number of anilines is 1. The van der Waals surface area contributed by atoms with E-state index in [0.29, 0.717) is 5.92 Å². The fourth-order valence-electron chi connectivity index (χ4n) is 3.65. The van der Waals surface area contributed by atoms with Crippen LogP contribution in [0, 0.1) is 0 Å². The molecule has 2 atom stereocenters. The highest BCUT2D eigenvalue weighted by Crippen LogP contribution is 2.50. The Morgan fingerprint density at radius 2 is 1.71 bits per heavy atom. The van der Waals surface area contributed by atoms with Gasteiger partial charge in [0.25, 0.3) is 5.91 Å². The molecule has 0 radical (unpaired) electrons. The van der Waals surface area contributed by atoms with E-state index in [1.807, 2.05) is 76.6 Å². The van der Waals surface area contributed by atoms with Gasteiger partial charge in [-0.15, -0.1) is 0 Å². The van der Waals surface area contributed by atoms with Gasteiger partial charge in [0.15, 0.2) is 0 Å². The van der Waals surface area contributed by atoms with Gasteiger partial charge >= 0.3 is 0 Å². The molecule has 2 nitrogen and oxygen atoms in total. The lowest BCUT2D eigenvalue weighted by Crippen LogP contribution is -2.30. The number of thioether (sulfide) groups is 3. The van der Waals surface area contributed by atoms with Crippen molar-refractivity contribution >= 4 is 57.8 Å². The third-order valence-electron chi connectivity index (χ3n) is 4.92. The van der Waals surface area contributed by atoms with Gasteiger partial charge in [-0.1, -0.05) is 59.9 Å². The third-order valence-corrected chi connectivity index (χ3v) is 11.3. The molecule has 2 aromatic rings. The number of amides is 1. The van der Waals surface area contributed by atoms with Crippen LogP contribution in [-0.2, 0) is 10.9 Å². The van der Waals surface area contributed by atoms with Crippen molar-refractivity contribution in [3.8, 4) is 0 Å². The van der Waals surface area contributed by atoms with E-state index in [-0.39, 0.29) is 16.8 Å². The van der Waals surface area contributed by atoms with E-state index in [4.69, 9.17) is 0 Å². The molecule has 0 fully saturated rings. The Morgan fingerprint density at radius 3 is 2.54 bits per heavy atom. The number of hydrogen-bond donors (Lipinski definition) is 0. The van der Waals surface area contributed by atoms with Crippen LogP contribution in [0.4, 0.5) is 5.69 Å².